The fourth-order valence-corrected chi connectivity index (χ4v) is 2.78. The Kier molecular flexibility index (Phi) is 8.37. The zero-order valence-corrected chi connectivity index (χ0v) is 16.5. The highest BCUT2D eigenvalue weighted by Gasteiger charge is 2.07. The van der Waals surface area contributed by atoms with Crippen molar-refractivity contribution >= 4 is 17.0 Å². The fourth-order valence-electron chi connectivity index (χ4n) is 2.78. The number of hydrogen-bond donors (Lipinski definition) is 2. The highest BCUT2D eigenvalue weighted by Crippen LogP contribution is 2.14. The van der Waals surface area contributed by atoms with Gasteiger partial charge in [0.1, 0.15) is 12.4 Å². The van der Waals surface area contributed by atoms with E-state index in [-0.39, 0.29) is 0 Å². The minimum Gasteiger partial charge on any atom is -0.385 e. The average Bonchev–Trinajstić information content (AvgIpc) is 2.96. The molecule has 2 aromatic rings. The van der Waals surface area contributed by atoms with Crippen molar-refractivity contribution in [2.24, 2.45) is 12.0 Å². The van der Waals surface area contributed by atoms with Crippen LogP contribution >= 0.6 is 0 Å². The van der Waals surface area contributed by atoms with Gasteiger partial charge in [0.25, 0.3) is 0 Å². The second kappa shape index (κ2) is 10.8. The minimum atomic E-state index is 0.546. The number of aliphatic imine (C=N–C) groups is 1. The molecule has 144 valence electrons. The van der Waals surface area contributed by atoms with E-state index in [0.717, 1.165) is 62.0 Å². The van der Waals surface area contributed by atoms with Gasteiger partial charge in [-0.1, -0.05) is 12.1 Å². The highest BCUT2D eigenvalue weighted by atomic mass is 16.5. The zero-order valence-electron chi connectivity index (χ0n) is 16.5. The van der Waals surface area contributed by atoms with Crippen molar-refractivity contribution in [2.45, 2.75) is 19.9 Å². The van der Waals surface area contributed by atoms with Crippen molar-refractivity contribution in [1.29, 1.82) is 0 Å². The molecule has 0 unspecified atom stereocenters. The molecule has 0 saturated carbocycles. The molecule has 0 saturated heterocycles. The normalized spacial score (nSPS) is 12.1. The van der Waals surface area contributed by atoms with E-state index in [1.165, 1.54) is 0 Å². The molecule has 2 N–H and O–H groups in total. The Morgan fingerprint density at radius 1 is 1.27 bits per heavy atom. The number of nitrogens with zero attached hydrogens (tertiary/aromatic N) is 4. The molecule has 0 aliphatic rings. The van der Waals surface area contributed by atoms with Gasteiger partial charge in [-0.15, -0.1) is 0 Å². The number of likely N-dealkylation sites (N-methyl/N-ethyl adjacent to an activating group) is 1. The molecule has 2 rings (SSSR count). The molecule has 1 aromatic heterocycles. The molecule has 0 aliphatic carbocycles. The Balaban J connectivity index is 1.88. The zero-order chi connectivity index (χ0) is 18.8. The quantitative estimate of drug-likeness (QED) is 0.383. The Bertz CT molecular complexity index is 696. The van der Waals surface area contributed by atoms with E-state index in [0.29, 0.717) is 6.54 Å². The van der Waals surface area contributed by atoms with E-state index >= 15 is 0 Å². The largest absolute Gasteiger partial charge is 0.385 e. The number of fused-ring (bicyclic) bond motifs is 1. The lowest BCUT2D eigenvalue weighted by molar-refractivity contribution is 0.180. The van der Waals surface area contributed by atoms with Crippen LogP contribution in [0.25, 0.3) is 11.0 Å². The molecular formula is C19H32N6O. The van der Waals surface area contributed by atoms with Gasteiger partial charge in [-0.05, 0) is 32.5 Å². The van der Waals surface area contributed by atoms with Gasteiger partial charge in [0.05, 0.1) is 11.0 Å². The molecule has 7 heteroatoms. The summed E-state index contributed by atoms with van der Waals surface area (Å²) in [6, 6.07) is 8.16. The third-order valence-corrected chi connectivity index (χ3v) is 4.28. The lowest BCUT2D eigenvalue weighted by Crippen LogP contribution is -2.41. The maximum atomic E-state index is 5.09. The Morgan fingerprint density at radius 3 is 2.81 bits per heavy atom. The minimum absolute atomic E-state index is 0.546. The monoisotopic (exact) mass is 360 g/mol. The summed E-state index contributed by atoms with van der Waals surface area (Å²) in [7, 11) is 5.90. The van der Waals surface area contributed by atoms with Crippen LogP contribution < -0.4 is 10.6 Å². The summed E-state index contributed by atoms with van der Waals surface area (Å²) >= 11 is 0. The molecule has 0 radical (unpaired) electrons. The van der Waals surface area contributed by atoms with Gasteiger partial charge in [-0.25, -0.2) is 9.98 Å². The van der Waals surface area contributed by atoms with Crippen molar-refractivity contribution < 1.29 is 4.74 Å². The van der Waals surface area contributed by atoms with Gasteiger partial charge >= 0.3 is 0 Å². The topological polar surface area (TPSA) is 66.7 Å². The number of guanidine groups is 1. The lowest BCUT2D eigenvalue weighted by Gasteiger charge is -2.18. The van der Waals surface area contributed by atoms with E-state index in [9.17, 15) is 0 Å². The van der Waals surface area contributed by atoms with E-state index in [4.69, 9.17) is 4.74 Å². The summed E-state index contributed by atoms with van der Waals surface area (Å²) in [5.41, 5.74) is 2.14. The van der Waals surface area contributed by atoms with Gasteiger partial charge in [-0.3, -0.25) is 0 Å². The predicted octanol–water partition coefficient (Wildman–Crippen LogP) is 1.60. The smallest absolute Gasteiger partial charge is 0.191 e. The number of imidazole rings is 1. The number of nitrogens with one attached hydrogen (secondary N) is 2. The van der Waals surface area contributed by atoms with Crippen LogP contribution in [0.3, 0.4) is 0 Å². The molecule has 7 nitrogen and oxygen atoms in total. The van der Waals surface area contributed by atoms with Crippen LogP contribution in [-0.4, -0.2) is 67.4 Å². The molecule has 0 spiro atoms. The first kappa shape index (κ1) is 20.2. The van der Waals surface area contributed by atoms with Gasteiger partial charge < -0.3 is 24.8 Å². The number of aromatic nitrogens is 2. The average molecular weight is 361 g/mol. The molecule has 0 fully saturated rings. The van der Waals surface area contributed by atoms with E-state index in [1.807, 2.05) is 25.2 Å². The Labute approximate surface area is 156 Å². The maximum Gasteiger partial charge on any atom is 0.191 e. The number of methoxy groups -OCH3 is 1. The maximum absolute atomic E-state index is 5.09. The molecule has 0 atom stereocenters. The van der Waals surface area contributed by atoms with Crippen LogP contribution in [-0.2, 0) is 18.3 Å². The van der Waals surface area contributed by atoms with Crippen molar-refractivity contribution in [2.75, 3.05) is 46.9 Å². The van der Waals surface area contributed by atoms with Crippen LogP contribution in [0.15, 0.2) is 29.3 Å². The SMILES string of the molecule is CCNC(=NCc1nc2ccccc2n1C)NCCN(C)CCCOC. The van der Waals surface area contributed by atoms with E-state index in [2.05, 4.69) is 50.1 Å². The summed E-state index contributed by atoms with van der Waals surface area (Å²) < 4.78 is 7.20. The molecular weight excluding hydrogens is 328 g/mol. The summed E-state index contributed by atoms with van der Waals surface area (Å²) in [6.07, 6.45) is 1.05. The van der Waals surface area contributed by atoms with Gasteiger partial charge in [0, 0.05) is 46.9 Å². The molecule has 0 aliphatic heterocycles. The number of hydrogen-bond acceptors (Lipinski definition) is 4. The van der Waals surface area contributed by atoms with Gasteiger partial charge in [0.15, 0.2) is 5.96 Å². The van der Waals surface area contributed by atoms with Crippen LogP contribution in [0, 0.1) is 0 Å². The number of ether oxygens (including phenoxy) is 1. The highest BCUT2D eigenvalue weighted by molar-refractivity contribution is 5.80. The van der Waals surface area contributed by atoms with Gasteiger partial charge in [-0.2, -0.15) is 0 Å². The van der Waals surface area contributed by atoms with Crippen LogP contribution in [0.5, 0.6) is 0 Å². The summed E-state index contributed by atoms with van der Waals surface area (Å²) in [4.78, 5) is 11.7. The van der Waals surface area contributed by atoms with E-state index in [1.54, 1.807) is 7.11 Å². The lowest BCUT2D eigenvalue weighted by atomic mass is 10.3. The third-order valence-electron chi connectivity index (χ3n) is 4.28. The Morgan fingerprint density at radius 2 is 2.08 bits per heavy atom. The molecule has 0 amide bonds. The van der Waals surface area contributed by atoms with Crippen LogP contribution in [0.4, 0.5) is 0 Å². The standard InChI is InChI=1S/C19H32N6O/c1-5-20-19(21-11-13-24(2)12-8-14-26-4)22-15-18-23-16-9-6-7-10-17(16)25(18)3/h6-7,9-10H,5,8,11-15H2,1-4H3,(H2,20,21,22). The second-order valence-electron chi connectivity index (χ2n) is 6.35. The number of para-hydroxylation sites is 2. The molecule has 1 heterocycles. The third kappa shape index (κ3) is 6.00. The summed E-state index contributed by atoms with van der Waals surface area (Å²) in [5.74, 6) is 1.78. The molecule has 26 heavy (non-hydrogen) atoms. The summed E-state index contributed by atoms with van der Waals surface area (Å²) in [6.45, 7) is 7.09. The van der Waals surface area contributed by atoms with Crippen molar-refractivity contribution in [1.82, 2.24) is 25.1 Å². The number of benzene rings is 1. The van der Waals surface area contributed by atoms with E-state index < -0.39 is 0 Å². The fraction of sp³-hybridized carbons (Fsp3) is 0.579. The first-order valence-electron chi connectivity index (χ1n) is 9.25. The first-order chi connectivity index (χ1) is 12.7. The predicted molar refractivity (Wildman–Crippen MR) is 108 cm³/mol. The van der Waals surface area contributed by atoms with Gasteiger partial charge in [0.2, 0.25) is 0 Å². The Hall–Kier alpha value is -2.12. The first-order valence-corrected chi connectivity index (χ1v) is 9.25. The summed E-state index contributed by atoms with van der Waals surface area (Å²) in [5, 5.41) is 6.69. The number of aryl methyl sites for hydroxylation is 1. The second-order valence-corrected chi connectivity index (χ2v) is 6.35. The van der Waals surface area contributed by atoms with Crippen LogP contribution in [0.2, 0.25) is 0 Å². The van der Waals surface area contributed by atoms with Crippen molar-refractivity contribution in [3.05, 3.63) is 30.1 Å². The molecule has 0 bridgehead atoms. The number of rotatable bonds is 10. The van der Waals surface area contributed by atoms with Crippen molar-refractivity contribution in [3.8, 4) is 0 Å². The van der Waals surface area contributed by atoms with Crippen molar-refractivity contribution in [3.63, 3.8) is 0 Å². The van der Waals surface area contributed by atoms with Crippen LogP contribution in [0.1, 0.15) is 19.2 Å². The molecule has 1 aromatic carbocycles.